The van der Waals surface area contributed by atoms with E-state index >= 15 is 0 Å². The molecule has 7 nitrogen and oxygen atoms in total. The molecule has 1 fully saturated rings. The van der Waals surface area contributed by atoms with Crippen LogP contribution in [0.2, 0.25) is 0 Å². The van der Waals surface area contributed by atoms with E-state index in [2.05, 4.69) is 5.10 Å². The molecule has 1 unspecified atom stereocenters. The Morgan fingerprint density at radius 1 is 0.931 bits per heavy atom. The van der Waals surface area contributed by atoms with Crippen LogP contribution in [0.15, 0.2) is 78.0 Å². The zero-order chi connectivity index (χ0) is 20.5. The van der Waals surface area contributed by atoms with Crippen LogP contribution in [0.1, 0.15) is 17.2 Å². The summed E-state index contributed by atoms with van der Waals surface area (Å²) in [6.45, 7) is 0.108. The van der Waals surface area contributed by atoms with Gasteiger partial charge in [0, 0.05) is 25.5 Å². The molecule has 3 aromatic rings. The first kappa shape index (κ1) is 19.8. The van der Waals surface area contributed by atoms with Crippen LogP contribution in [0.3, 0.4) is 0 Å². The summed E-state index contributed by atoms with van der Waals surface area (Å²) in [4.78, 5) is 0.143. The number of nitrogens with zero attached hydrogens (tertiary/aromatic N) is 3. The second-order valence-corrected chi connectivity index (χ2v) is 11.1. The Morgan fingerprint density at radius 3 is 2.31 bits per heavy atom. The largest absolute Gasteiger partial charge is 0.243 e. The second kappa shape index (κ2) is 7.74. The third-order valence-electron chi connectivity index (χ3n) is 5.11. The van der Waals surface area contributed by atoms with Gasteiger partial charge in [-0.05, 0) is 42.3 Å². The summed E-state index contributed by atoms with van der Waals surface area (Å²) in [5, 5.41) is 3.43. The summed E-state index contributed by atoms with van der Waals surface area (Å²) in [5.41, 5.74) is 1.45. The highest BCUT2D eigenvalue weighted by Gasteiger charge is 2.35. The summed E-state index contributed by atoms with van der Waals surface area (Å²) in [6.07, 6.45) is 3.65. The fourth-order valence-electron chi connectivity index (χ4n) is 3.55. The fourth-order valence-corrected chi connectivity index (χ4v) is 6.91. The average molecular weight is 432 g/mol. The lowest BCUT2D eigenvalue weighted by Crippen LogP contribution is -2.33. The van der Waals surface area contributed by atoms with E-state index < -0.39 is 25.1 Å². The first-order chi connectivity index (χ1) is 13.9. The van der Waals surface area contributed by atoms with Crippen molar-refractivity contribution in [2.45, 2.75) is 16.6 Å². The molecule has 1 aromatic heterocycles. The van der Waals surface area contributed by atoms with Crippen molar-refractivity contribution in [1.82, 2.24) is 14.1 Å². The van der Waals surface area contributed by atoms with Crippen molar-refractivity contribution in [1.29, 1.82) is 0 Å². The molecule has 152 valence electrons. The van der Waals surface area contributed by atoms with Gasteiger partial charge in [0.15, 0.2) is 9.84 Å². The normalized spacial score (nSPS) is 20.2. The molecular formula is C20H21N3O4S2. The van der Waals surface area contributed by atoms with Crippen LogP contribution in [0.5, 0.6) is 0 Å². The van der Waals surface area contributed by atoms with Gasteiger partial charge in [-0.1, -0.05) is 30.3 Å². The fraction of sp³-hybridized carbons (Fsp3) is 0.250. The van der Waals surface area contributed by atoms with Crippen LogP contribution >= 0.6 is 0 Å². The van der Waals surface area contributed by atoms with Gasteiger partial charge in [-0.2, -0.15) is 9.40 Å². The van der Waals surface area contributed by atoms with Gasteiger partial charge in [0.1, 0.15) is 0 Å². The van der Waals surface area contributed by atoms with E-state index in [4.69, 9.17) is 0 Å². The van der Waals surface area contributed by atoms with Gasteiger partial charge in [-0.3, -0.25) is 0 Å². The summed E-state index contributed by atoms with van der Waals surface area (Å²) < 4.78 is 54.6. The van der Waals surface area contributed by atoms with Gasteiger partial charge >= 0.3 is 0 Å². The topological polar surface area (TPSA) is 89.3 Å². The van der Waals surface area contributed by atoms with Crippen molar-refractivity contribution in [2.75, 3.05) is 18.8 Å². The minimum Gasteiger partial charge on any atom is -0.241 e. The smallest absolute Gasteiger partial charge is 0.241 e. The van der Waals surface area contributed by atoms with E-state index in [0.29, 0.717) is 5.56 Å². The third-order valence-corrected chi connectivity index (χ3v) is 9.15. The van der Waals surface area contributed by atoms with E-state index in [0.717, 1.165) is 5.69 Å². The molecule has 9 heteroatoms. The Bertz CT molecular complexity index is 1170. The zero-order valence-electron chi connectivity index (χ0n) is 15.6. The van der Waals surface area contributed by atoms with Gasteiger partial charge < -0.3 is 0 Å². The van der Waals surface area contributed by atoms with Crippen molar-refractivity contribution in [2.24, 2.45) is 0 Å². The summed E-state index contributed by atoms with van der Waals surface area (Å²) in [5.74, 6) is -0.197. The number of hydrogen-bond donors (Lipinski definition) is 0. The quantitative estimate of drug-likeness (QED) is 0.633. The highest BCUT2D eigenvalue weighted by Crippen LogP contribution is 2.31. The van der Waals surface area contributed by atoms with Gasteiger partial charge in [0.05, 0.1) is 21.6 Å². The summed E-state index contributed by atoms with van der Waals surface area (Å²) in [7, 11) is -7.23. The second-order valence-electron chi connectivity index (χ2n) is 6.90. The number of benzene rings is 2. The minimum absolute atomic E-state index is 0.0467. The first-order valence-electron chi connectivity index (χ1n) is 9.25. The standard InChI is InChI=1S/C20H21N3O4S2/c24-28(25)16-15-22(14-11-20(28)17-5-2-1-3-6-17)29(26,27)19-9-7-18(8-10-19)23-13-4-12-21-23/h1-10,12-13,20H,11,14-16H2. The molecule has 0 N–H and O–H groups in total. The van der Waals surface area contributed by atoms with Gasteiger partial charge in [-0.25, -0.2) is 21.5 Å². The Morgan fingerprint density at radius 2 is 1.66 bits per heavy atom. The molecule has 0 radical (unpaired) electrons. The molecule has 0 bridgehead atoms. The predicted molar refractivity (Wildman–Crippen MR) is 110 cm³/mol. The molecule has 1 aliphatic heterocycles. The van der Waals surface area contributed by atoms with Crippen molar-refractivity contribution in [3.8, 4) is 5.69 Å². The maximum Gasteiger partial charge on any atom is 0.243 e. The van der Waals surface area contributed by atoms with Crippen LogP contribution < -0.4 is 0 Å². The third kappa shape index (κ3) is 3.98. The molecule has 2 aromatic carbocycles. The number of rotatable bonds is 4. The van der Waals surface area contributed by atoms with E-state index in [1.54, 1.807) is 59.5 Å². The number of sulfone groups is 1. The molecule has 29 heavy (non-hydrogen) atoms. The average Bonchev–Trinajstić information content (AvgIpc) is 3.20. The number of hydrogen-bond acceptors (Lipinski definition) is 5. The Labute approximate surface area is 170 Å². The first-order valence-corrected chi connectivity index (χ1v) is 12.4. The van der Waals surface area contributed by atoms with E-state index in [1.165, 1.54) is 16.4 Å². The Hall–Kier alpha value is -2.49. The summed E-state index contributed by atoms with van der Waals surface area (Å²) in [6, 6.07) is 17.2. The zero-order valence-corrected chi connectivity index (χ0v) is 17.3. The molecule has 1 atom stereocenters. The van der Waals surface area contributed by atoms with Crippen LogP contribution in [0, 0.1) is 0 Å². The Kier molecular flexibility index (Phi) is 5.28. The molecule has 1 aliphatic rings. The van der Waals surface area contributed by atoms with Gasteiger partial charge in [0.25, 0.3) is 0 Å². The molecule has 4 rings (SSSR count). The highest BCUT2D eigenvalue weighted by molar-refractivity contribution is 7.92. The minimum atomic E-state index is -3.79. The van der Waals surface area contributed by atoms with E-state index in [9.17, 15) is 16.8 Å². The van der Waals surface area contributed by atoms with Crippen molar-refractivity contribution in [3.63, 3.8) is 0 Å². The molecular weight excluding hydrogens is 410 g/mol. The lowest BCUT2D eigenvalue weighted by atomic mass is 10.1. The van der Waals surface area contributed by atoms with Gasteiger partial charge in [-0.15, -0.1) is 0 Å². The van der Waals surface area contributed by atoms with Crippen molar-refractivity contribution < 1.29 is 16.8 Å². The van der Waals surface area contributed by atoms with E-state index in [-0.39, 0.29) is 30.2 Å². The van der Waals surface area contributed by atoms with Gasteiger partial charge in [0.2, 0.25) is 10.0 Å². The number of aromatic nitrogens is 2. The van der Waals surface area contributed by atoms with Crippen molar-refractivity contribution >= 4 is 19.9 Å². The van der Waals surface area contributed by atoms with Crippen LogP contribution in [0.4, 0.5) is 0 Å². The molecule has 0 spiro atoms. The lowest BCUT2D eigenvalue weighted by molar-refractivity contribution is 0.428. The van der Waals surface area contributed by atoms with Crippen LogP contribution in [-0.2, 0) is 19.9 Å². The van der Waals surface area contributed by atoms with Crippen molar-refractivity contribution in [3.05, 3.63) is 78.6 Å². The maximum atomic E-state index is 13.1. The monoisotopic (exact) mass is 431 g/mol. The number of sulfonamides is 1. The highest BCUT2D eigenvalue weighted by atomic mass is 32.2. The summed E-state index contributed by atoms with van der Waals surface area (Å²) >= 11 is 0. The van der Waals surface area contributed by atoms with Crippen LogP contribution in [0.25, 0.3) is 5.69 Å². The molecule has 0 aliphatic carbocycles. The predicted octanol–water partition coefficient (Wildman–Crippen LogP) is 2.42. The molecule has 2 heterocycles. The molecule has 0 saturated carbocycles. The SMILES string of the molecule is O=S1(=O)CCN(S(=O)(=O)c2ccc(-n3cccn3)cc2)CCC1c1ccccc1. The molecule has 0 amide bonds. The van der Waals surface area contributed by atoms with E-state index in [1.807, 2.05) is 6.07 Å². The Balaban J connectivity index is 1.58. The maximum absolute atomic E-state index is 13.1. The lowest BCUT2D eigenvalue weighted by Gasteiger charge is -2.20. The molecule has 1 saturated heterocycles. The van der Waals surface area contributed by atoms with Crippen LogP contribution in [-0.4, -0.2) is 49.8 Å².